The van der Waals surface area contributed by atoms with Crippen molar-refractivity contribution in [3.05, 3.63) is 107 Å². The molecule has 3 nitrogen and oxygen atoms in total. The molecule has 4 heteroatoms. The van der Waals surface area contributed by atoms with Gasteiger partial charge in [0.15, 0.2) is 0 Å². The maximum atomic E-state index is 5.24. The molecule has 0 spiro atoms. The fourth-order valence-corrected chi connectivity index (χ4v) is 4.12. The van der Waals surface area contributed by atoms with E-state index in [-0.39, 0.29) is 6.04 Å². The summed E-state index contributed by atoms with van der Waals surface area (Å²) in [6.07, 6.45) is 0. The SMILES string of the molecule is COc1ccc(-c2nc(CN[C@@H](c3ccccc3)c3ccc(C)cc3)cs2)cc1. The van der Waals surface area contributed by atoms with Gasteiger partial charge in [-0.05, 0) is 42.3 Å². The minimum Gasteiger partial charge on any atom is -0.497 e. The smallest absolute Gasteiger partial charge is 0.123 e. The first kappa shape index (κ1) is 19.4. The third-order valence-corrected chi connectivity index (χ3v) is 5.86. The van der Waals surface area contributed by atoms with Gasteiger partial charge in [0, 0.05) is 17.5 Å². The van der Waals surface area contributed by atoms with Crippen LogP contribution in [0.2, 0.25) is 0 Å². The topological polar surface area (TPSA) is 34.1 Å². The van der Waals surface area contributed by atoms with Crippen LogP contribution < -0.4 is 10.1 Å². The molecule has 29 heavy (non-hydrogen) atoms. The molecule has 0 radical (unpaired) electrons. The fraction of sp³-hybridized carbons (Fsp3) is 0.160. The van der Waals surface area contributed by atoms with E-state index >= 15 is 0 Å². The summed E-state index contributed by atoms with van der Waals surface area (Å²) in [6, 6.07) is 27.5. The zero-order valence-electron chi connectivity index (χ0n) is 16.6. The monoisotopic (exact) mass is 400 g/mol. The molecule has 0 aliphatic carbocycles. The number of ether oxygens (including phenoxy) is 1. The van der Waals surface area contributed by atoms with Crippen LogP contribution in [0.5, 0.6) is 5.75 Å². The Morgan fingerprint density at radius 3 is 2.28 bits per heavy atom. The maximum Gasteiger partial charge on any atom is 0.123 e. The predicted octanol–water partition coefficient (Wildman–Crippen LogP) is 6.01. The Bertz CT molecular complexity index is 1040. The second kappa shape index (κ2) is 9.03. The molecule has 1 atom stereocenters. The second-order valence-corrected chi connectivity index (χ2v) is 7.87. The van der Waals surface area contributed by atoms with E-state index in [2.05, 4.69) is 72.2 Å². The van der Waals surface area contributed by atoms with E-state index in [1.165, 1.54) is 16.7 Å². The Hall–Kier alpha value is -2.95. The lowest BCUT2D eigenvalue weighted by Crippen LogP contribution is -2.22. The zero-order valence-corrected chi connectivity index (χ0v) is 17.4. The molecular formula is C25H24N2OS. The van der Waals surface area contributed by atoms with Crippen molar-refractivity contribution in [2.24, 2.45) is 0 Å². The average molecular weight is 401 g/mol. The van der Waals surface area contributed by atoms with Crippen LogP contribution in [0.3, 0.4) is 0 Å². The molecule has 0 saturated carbocycles. The van der Waals surface area contributed by atoms with Crippen molar-refractivity contribution >= 4 is 11.3 Å². The number of aryl methyl sites for hydroxylation is 1. The Morgan fingerprint density at radius 2 is 1.59 bits per heavy atom. The molecular weight excluding hydrogens is 376 g/mol. The van der Waals surface area contributed by atoms with Gasteiger partial charge in [0.25, 0.3) is 0 Å². The molecule has 0 saturated heterocycles. The van der Waals surface area contributed by atoms with Gasteiger partial charge in [-0.3, -0.25) is 0 Å². The highest BCUT2D eigenvalue weighted by Gasteiger charge is 2.14. The number of hydrogen-bond acceptors (Lipinski definition) is 4. The third-order valence-electron chi connectivity index (χ3n) is 4.92. The summed E-state index contributed by atoms with van der Waals surface area (Å²) in [6.45, 7) is 2.82. The van der Waals surface area contributed by atoms with Gasteiger partial charge < -0.3 is 10.1 Å². The van der Waals surface area contributed by atoms with Gasteiger partial charge in [-0.2, -0.15) is 0 Å². The molecule has 0 amide bonds. The zero-order chi connectivity index (χ0) is 20.1. The summed E-state index contributed by atoms with van der Waals surface area (Å²) >= 11 is 1.67. The van der Waals surface area contributed by atoms with Crippen molar-refractivity contribution in [2.45, 2.75) is 19.5 Å². The lowest BCUT2D eigenvalue weighted by atomic mass is 9.98. The molecule has 1 N–H and O–H groups in total. The highest BCUT2D eigenvalue weighted by molar-refractivity contribution is 7.13. The van der Waals surface area contributed by atoms with Gasteiger partial charge >= 0.3 is 0 Å². The van der Waals surface area contributed by atoms with Crippen molar-refractivity contribution < 1.29 is 4.74 Å². The van der Waals surface area contributed by atoms with Gasteiger partial charge in [0.1, 0.15) is 10.8 Å². The number of methoxy groups -OCH3 is 1. The van der Waals surface area contributed by atoms with E-state index < -0.39 is 0 Å². The normalized spacial score (nSPS) is 11.9. The summed E-state index contributed by atoms with van der Waals surface area (Å²) in [7, 11) is 1.68. The van der Waals surface area contributed by atoms with Crippen molar-refractivity contribution in [1.82, 2.24) is 10.3 Å². The standard InChI is InChI=1S/C25H24N2OS/c1-18-8-10-20(11-9-18)24(19-6-4-3-5-7-19)26-16-22-17-29-25(27-22)21-12-14-23(28-2)15-13-21/h3-15,17,24,26H,16H2,1-2H3/t24-/m0/s1. The Labute approximate surface area is 176 Å². The highest BCUT2D eigenvalue weighted by Crippen LogP contribution is 2.27. The van der Waals surface area contributed by atoms with E-state index in [0.29, 0.717) is 6.54 Å². The number of benzene rings is 3. The van der Waals surface area contributed by atoms with E-state index in [1.54, 1.807) is 18.4 Å². The summed E-state index contributed by atoms with van der Waals surface area (Å²) in [4.78, 5) is 4.82. The Balaban J connectivity index is 1.52. The van der Waals surface area contributed by atoms with E-state index in [1.807, 2.05) is 24.3 Å². The number of aromatic nitrogens is 1. The summed E-state index contributed by atoms with van der Waals surface area (Å²) in [5.74, 6) is 0.857. The van der Waals surface area contributed by atoms with Crippen LogP contribution in [0.4, 0.5) is 0 Å². The second-order valence-electron chi connectivity index (χ2n) is 7.01. The van der Waals surface area contributed by atoms with Crippen LogP contribution >= 0.6 is 11.3 Å². The van der Waals surface area contributed by atoms with E-state index in [0.717, 1.165) is 22.0 Å². The number of thiazole rings is 1. The van der Waals surface area contributed by atoms with Gasteiger partial charge in [0.2, 0.25) is 0 Å². The minimum atomic E-state index is 0.128. The van der Waals surface area contributed by atoms with Gasteiger partial charge in [0.05, 0.1) is 18.8 Å². The lowest BCUT2D eigenvalue weighted by molar-refractivity contribution is 0.415. The molecule has 3 aromatic carbocycles. The molecule has 1 heterocycles. The Kier molecular flexibility index (Phi) is 6.03. The molecule has 0 aliphatic rings. The van der Waals surface area contributed by atoms with Crippen LogP contribution in [0, 0.1) is 6.92 Å². The van der Waals surface area contributed by atoms with E-state index in [9.17, 15) is 0 Å². The number of rotatable bonds is 7. The predicted molar refractivity (Wildman–Crippen MR) is 120 cm³/mol. The highest BCUT2D eigenvalue weighted by atomic mass is 32.1. The molecule has 0 unspecified atom stereocenters. The van der Waals surface area contributed by atoms with Crippen molar-refractivity contribution in [3.63, 3.8) is 0 Å². The average Bonchev–Trinajstić information content (AvgIpc) is 3.25. The van der Waals surface area contributed by atoms with Crippen LogP contribution in [0.15, 0.2) is 84.2 Å². The molecule has 0 aliphatic heterocycles. The third kappa shape index (κ3) is 4.73. The number of hydrogen-bond donors (Lipinski definition) is 1. The van der Waals surface area contributed by atoms with E-state index in [4.69, 9.17) is 9.72 Å². The van der Waals surface area contributed by atoms with Crippen LogP contribution in [0.1, 0.15) is 28.4 Å². The molecule has 0 fully saturated rings. The molecule has 146 valence electrons. The molecule has 4 aromatic rings. The molecule has 0 bridgehead atoms. The molecule has 4 rings (SSSR count). The van der Waals surface area contributed by atoms with Gasteiger partial charge in [-0.25, -0.2) is 4.98 Å². The van der Waals surface area contributed by atoms with Crippen LogP contribution in [-0.2, 0) is 6.54 Å². The summed E-state index contributed by atoms with van der Waals surface area (Å²) < 4.78 is 5.24. The lowest BCUT2D eigenvalue weighted by Gasteiger charge is -2.19. The first-order chi connectivity index (χ1) is 14.2. The van der Waals surface area contributed by atoms with Crippen molar-refractivity contribution in [1.29, 1.82) is 0 Å². The summed E-state index contributed by atoms with van der Waals surface area (Å²) in [5, 5.41) is 6.85. The first-order valence-electron chi connectivity index (χ1n) is 9.66. The number of nitrogens with zero attached hydrogens (tertiary/aromatic N) is 1. The van der Waals surface area contributed by atoms with Crippen molar-refractivity contribution in [2.75, 3.05) is 7.11 Å². The van der Waals surface area contributed by atoms with Gasteiger partial charge in [-0.15, -0.1) is 11.3 Å². The largest absolute Gasteiger partial charge is 0.497 e. The van der Waals surface area contributed by atoms with Crippen LogP contribution in [0.25, 0.3) is 10.6 Å². The molecule has 1 aromatic heterocycles. The minimum absolute atomic E-state index is 0.128. The van der Waals surface area contributed by atoms with Gasteiger partial charge in [-0.1, -0.05) is 60.2 Å². The quantitative estimate of drug-likeness (QED) is 0.413. The number of nitrogens with one attached hydrogen (secondary N) is 1. The van der Waals surface area contributed by atoms with Crippen LogP contribution in [-0.4, -0.2) is 12.1 Å². The maximum absolute atomic E-state index is 5.24. The Morgan fingerprint density at radius 1 is 0.897 bits per heavy atom. The summed E-state index contributed by atoms with van der Waals surface area (Å²) in [5.41, 5.74) is 5.94. The first-order valence-corrected chi connectivity index (χ1v) is 10.5. The van der Waals surface area contributed by atoms with Crippen molar-refractivity contribution in [3.8, 4) is 16.3 Å². The fourth-order valence-electron chi connectivity index (χ4n) is 3.29.